The lowest BCUT2D eigenvalue weighted by atomic mass is 10.1. The highest BCUT2D eigenvalue weighted by Gasteiger charge is 2.27. The maximum atomic E-state index is 11.2. The van der Waals surface area contributed by atoms with E-state index < -0.39 is 11.0 Å². The zero-order valence-electron chi connectivity index (χ0n) is 12.3. The number of aromatic nitrogens is 2. The molecule has 0 amide bonds. The molecule has 0 spiro atoms. The molecule has 21 heavy (non-hydrogen) atoms. The molecule has 0 aromatic carbocycles. The minimum atomic E-state index is -0.514. The third-order valence-electron chi connectivity index (χ3n) is 3.77. The van der Waals surface area contributed by atoms with Gasteiger partial charge in [0.15, 0.2) is 0 Å². The highest BCUT2D eigenvalue weighted by molar-refractivity contribution is 5.61. The van der Waals surface area contributed by atoms with Crippen LogP contribution in [-0.4, -0.2) is 39.2 Å². The van der Waals surface area contributed by atoms with Crippen molar-refractivity contribution in [3.8, 4) is 0 Å². The molecule has 116 valence electrons. The normalized spacial score (nSPS) is 22.4. The van der Waals surface area contributed by atoms with Crippen LogP contribution in [-0.2, 0) is 0 Å². The van der Waals surface area contributed by atoms with Gasteiger partial charge >= 0.3 is 5.69 Å². The summed E-state index contributed by atoms with van der Waals surface area (Å²) in [6, 6.07) is -0.217. The van der Waals surface area contributed by atoms with Gasteiger partial charge < -0.3 is 15.7 Å². The standard InChI is InChI=1S/C13H21N5O3/c1-8-11(18(20)21)12(17-13(14-2)15-8)16-9-6-4-3-5-7-10(9)19/h9-10,19H,3-7H2,1-2H3,(H2,14,15,16,17). The molecule has 1 aliphatic carbocycles. The largest absolute Gasteiger partial charge is 0.391 e. The first kappa shape index (κ1) is 15.4. The van der Waals surface area contributed by atoms with Gasteiger partial charge in [-0.2, -0.15) is 4.98 Å². The Morgan fingerprint density at radius 1 is 1.29 bits per heavy atom. The summed E-state index contributed by atoms with van der Waals surface area (Å²) in [6.45, 7) is 1.58. The van der Waals surface area contributed by atoms with Gasteiger partial charge in [0.1, 0.15) is 5.69 Å². The molecule has 8 nitrogen and oxygen atoms in total. The molecular weight excluding hydrogens is 274 g/mol. The van der Waals surface area contributed by atoms with E-state index in [1.54, 1.807) is 14.0 Å². The smallest absolute Gasteiger partial charge is 0.332 e. The van der Waals surface area contributed by atoms with Crippen LogP contribution in [0.3, 0.4) is 0 Å². The zero-order valence-corrected chi connectivity index (χ0v) is 12.3. The summed E-state index contributed by atoms with van der Waals surface area (Å²) in [5.41, 5.74) is 0.162. The van der Waals surface area contributed by atoms with E-state index in [9.17, 15) is 15.2 Å². The van der Waals surface area contributed by atoms with E-state index in [1.165, 1.54) is 0 Å². The molecule has 2 unspecified atom stereocenters. The Hall–Kier alpha value is -1.96. The summed E-state index contributed by atoms with van der Waals surface area (Å²) in [5, 5.41) is 27.2. The van der Waals surface area contributed by atoms with Crippen molar-refractivity contribution in [1.29, 1.82) is 0 Å². The van der Waals surface area contributed by atoms with Gasteiger partial charge in [-0.15, -0.1) is 0 Å². The maximum absolute atomic E-state index is 11.2. The van der Waals surface area contributed by atoms with Gasteiger partial charge in [-0.25, -0.2) is 4.98 Å². The molecule has 0 saturated heterocycles. The van der Waals surface area contributed by atoms with Gasteiger partial charge in [0.2, 0.25) is 11.8 Å². The summed E-state index contributed by atoms with van der Waals surface area (Å²) < 4.78 is 0. The Bertz CT molecular complexity index is 523. The molecule has 3 N–H and O–H groups in total. The van der Waals surface area contributed by atoms with Crippen molar-refractivity contribution in [2.24, 2.45) is 0 Å². The fraction of sp³-hybridized carbons (Fsp3) is 0.692. The van der Waals surface area contributed by atoms with E-state index in [2.05, 4.69) is 20.6 Å². The molecule has 0 radical (unpaired) electrons. The van der Waals surface area contributed by atoms with Gasteiger partial charge in [-0.3, -0.25) is 10.1 Å². The number of aryl methyl sites for hydroxylation is 1. The minimum Gasteiger partial charge on any atom is -0.391 e. The maximum Gasteiger partial charge on any atom is 0.332 e. The third-order valence-corrected chi connectivity index (χ3v) is 3.77. The van der Waals surface area contributed by atoms with Crippen molar-refractivity contribution in [2.45, 2.75) is 51.2 Å². The lowest BCUT2D eigenvalue weighted by Crippen LogP contribution is -2.33. The lowest BCUT2D eigenvalue weighted by Gasteiger charge is -2.22. The van der Waals surface area contributed by atoms with Crippen LogP contribution in [0, 0.1) is 17.0 Å². The molecule has 0 aliphatic heterocycles. The zero-order chi connectivity index (χ0) is 15.4. The molecule has 1 aromatic rings. The van der Waals surface area contributed by atoms with Crippen LogP contribution in [0.4, 0.5) is 17.5 Å². The van der Waals surface area contributed by atoms with Crippen molar-refractivity contribution >= 4 is 17.5 Å². The monoisotopic (exact) mass is 295 g/mol. The quantitative estimate of drug-likeness (QED) is 0.441. The first-order valence-corrected chi connectivity index (χ1v) is 7.18. The van der Waals surface area contributed by atoms with E-state index in [4.69, 9.17) is 0 Å². The molecule has 1 fully saturated rings. The Balaban J connectivity index is 2.32. The van der Waals surface area contributed by atoms with Crippen LogP contribution >= 0.6 is 0 Å². The van der Waals surface area contributed by atoms with Crippen molar-refractivity contribution < 1.29 is 10.0 Å². The molecular formula is C13H21N5O3. The van der Waals surface area contributed by atoms with Gasteiger partial charge in [0, 0.05) is 7.05 Å². The molecule has 0 bridgehead atoms. The summed E-state index contributed by atoms with van der Waals surface area (Å²) in [6.07, 6.45) is 4.00. The van der Waals surface area contributed by atoms with Gasteiger partial charge in [0.05, 0.1) is 17.1 Å². The van der Waals surface area contributed by atoms with Crippen LogP contribution in [0.5, 0.6) is 0 Å². The fourth-order valence-electron chi connectivity index (χ4n) is 2.63. The van der Waals surface area contributed by atoms with Crippen LogP contribution in [0.2, 0.25) is 0 Å². The second kappa shape index (κ2) is 6.66. The predicted octanol–water partition coefficient (Wildman–Crippen LogP) is 1.84. The molecule has 1 aliphatic rings. The van der Waals surface area contributed by atoms with E-state index in [0.717, 1.165) is 25.7 Å². The van der Waals surface area contributed by atoms with E-state index in [1.807, 2.05) is 0 Å². The third kappa shape index (κ3) is 3.57. The van der Waals surface area contributed by atoms with Crippen molar-refractivity contribution in [1.82, 2.24) is 9.97 Å². The number of aliphatic hydroxyl groups excluding tert-OH is 1. The first-order chi connectivity index (χ1) is 10.0. The molecule has 2 rings (SSSR count). The highest BCUT2D eigenvalue weighted by Crippen LogP contribution is 2.29. The fourth-order valence-corrected chi connectivity index (χ4v) is 2.63. The molecule has 1 saturated carbocycles. The van der Waals surface area contributed by atoms with Crippen LogP contribution in [0.25, 0.3) is 0 Å². The first-order valence-electron chi connectivity index (χ1n) is 7.18. The number of nitrogens with one attached hydrogen (secondary N) is 2. The highest BCUT2D eigenvalue weighted by atomic mass is 16.6. The number of anilines is 2. The second-order valence-corrected chi connectivity index (χ2v) is 5.29. The average molecular weight is 295 g/mol. The SMILES string of the molecule is CNc1nc(C)c([N+](=O)[O-])c(NC2CCCCCC2O)n1. The molecule has 8 heteroatoms. The summed E-state index contributed by atoms with van der Waals surface area (Å²) in [5.74, 6) is 0.492. The van der Waals surface area contributed by atoms with Crippen LogP contribution in [0.15, 0.2) is 0 Å². The minimum absolute atomic E-state index is 0.134. The number of rotatable bonds is 4. The number of nitrogens with zero attached hydrogens (tertiary/aromatic N) is 3. The predicted molar refractivity (Wildman–Crippen MR) is 79.5 cm³/mol. The molecule has 1 aromatic heterocycles. The lowest BCUT2D eigenvalue weighted by molar-refractivity contribution is -0.385. The van der Waals surface area contributed by atoms with Gasteiger partial charge in [-0.05, 0) is 19.8 Å². The topological polar surface area (TPSA) is 113 Å². The molecule has 2 atom stereocenters. The number of hydrogen-bond acceptors (Lipinski definition) is 7. The number of hydrogen-bond donors (Lipinski definition) is 3. The van der Waals surface area contributed by atoms with E-state index >= 15 is 0 Å². The second-order valence-electron chi connectivity index (χ2n) is 5.29. The summed E-state index contributed by atoms with van der Waals surface area (Å²) in [4.78, 5) is 18.9. The Morgan fingerprint density at radius 2 is 2.00 bits per heavy atom. The molecule has 1 heterocycles. The number of aliphatic hydroxyl groups is 1. The Labute approximate surface area is 123 Å². The van der Waals surface area contributed by atoms with Crippen molar-refractivity contribution in [3.63, 3.8) is 0 Å². The van der Waals surface area contributed by atoms with Crippen molar-refractivity contribution in [2.75, 3.05) is 17.7 Å². The Kier molecular flexibility index (Phi) is 4.89. The van der Waals surface area contributed by atoms with Crippen LogP contribution in [0.1, 0.15) is 37.8 Å². The van der Waals surface area contributed by atoms with E-state index in [-0.39, 0.29) is 17.5 Å². The van der Waals surface area contributed by atoms with Gasteiger partial charge in [0.25, 0.3) is 0 Å². The van der Waals surface area contributed by atoms with Gasteiger partial charge in [-0.1, -0.05) is 19.3 Å². The Morgan fingerprint density at radius 3 is 2.67 bits per heavy atom. The summed E-state index contributed by atoms with van der Waals surface area (Å²) >= 11 is 0. The number of nitro groups is 1. The van der Waals surface area contributed by atoms with Crippen molar-refractivity contribution in [3.05, 3.63) is 15.8 Å². The van der Waals surface area contributed by atoms with E-state index in [0.29, 0.717) is 18.1 Å². The average Bonchev–Trinajstić information content (AvgIpc) is 2.63. The summed E-state index contributed by atoms with van der Waals surface area (Å²) in [7, 11) is 1.66. The van der Waals surface area contributed by atoms with Crippen LogP contribution < -0.4 is 10.6 Å².